The van der Waals surface area contributed by atoms with E-state index >= 15 is 0 Å². The van der Waals surface area contributed by atoms with Gasteiger partial charge in [0.05, 0.1) is 0 Å². The van der Waals surface area contributed by atoms with Gasteiger partial charge in [-0.15, -0.1) is 0 Å². The summed E-state index contributed by atoms with van der Waals surface area (Å²) in [5.74, 6) is 12.2. The van der Waals surface area contributed by atoms with Crippen LogP contribution in [0.2, 0.25) is 0 Å². The van der Waals surface area contributed by atoms with Crippen molar-refractivity contribution in [2.24, 2.45) is 0 Å². The second-order valence-electron chi connectivity index (χ2n) is 6.01. The van der Waals surface area contributed by atoms with Crippen molar-refractivity contribution in [3.63, 3.8) is 0 Å². The molecule has 0 N–H and O–H groups in total. The molecule has 0 aliphatic heterocycles. The Morgan fingerprint density at radius 2 is 0.571 bits per heavy atom. The number of allylic oxidation sites excluding steroid dienone is 24. The van der Waals surface area contributed by atoms with E-state index in [9.17, 15) is 0 Å². The molecule has 0 unspecified atom stereocenters. The van der Waals surface area contributed by atoms with Gasteiger partial charge in [0.2, 0.25) is 0 Å². The highest BCUT2D eigenvalue weighted by Gasteiger charge is 1.91. The number of rotatable bonds is 0. The molecule has 0 aromatic heterocycles. The van der Waals surface area contributed by atoms with Crippen LogP contribution in [-0.2, 0) is 0 Å². The summed E-state index contributed by atoms with van der Waals surface area (Å²) in [6, 6.07) is 0. The fourth-order valence-electron chi connectivity index (χ4n) is 2.46. The molecule has 3 rings (SSSR count). The predicted molar refractivity (Wildman–Crippen MR) is 121 cm³/mol. The second kappa shape index (κ2) is 10.9. The van der Waals surface area contributed by atoms with Crippen molar-refractivity contribution in [1.29, 1.82) is 0 Å². The molecule has 0 saturated heterocycles. The van der Waals surface area contributed by atoms with Gasteiger partial charge in [-0.2, -0.15) is 0 Å². The van der Waals surface area contributed by atoms with Crippen LogP contribution in [0, 0.1) is 23.7 Å². The van der Waals surface area contributed by atoms with Gasteiger partial charge in [0.1, 0.15) is 0 Å². The summed E-state index contributed by atoms with van der Waals surface area (Å²) >= 11 is 0. The van der Waals surface area contributed by atoms with Crippen LogP contribution in [0.1, 0.15) is 0 Å². The van der Waals surface area contributed by atoms with Gasteiger partial charge in [0.25, 0.3) is 0 Å². The number of hydrogen-bond acceptors (Lipinski definition) is 0. The lowest BCUT2D eigenvalue weighted by Gasteiger charge is -1.97. The minimum absolute atomic E-state index is 1.09. The van der Waals surface area contributed by atoms with E-state index in [-0.39, 0.29) is 0 Å². The summed E-state index contributed by atoms with van der Waals surface area (Å²) in [5, 5.41) is 0. The molecule has 132 valence electrons. The lowest BCUT2D eigenvalue weighted by atomic mass is 10.1. The molecule has 0 radical (unpaired) electrons. The van der Waals surface area contributed by atoms with E-state index in [2.05, 4.69) is 72.3 Å². The van der Waals surface area contributed by atoms with E-state index in [0.717, 1.165) is 22.3 Å². The molecule has 0 aromatic rings. The van der Waals surface area contributed by atoms with E-state index in [1.165, 1.54) is 0 Å². The molecule has 0 amide bonds. The van der Waals surface area contributed by atoms with Gasteiger partial charge in [0.15, 0.2) is 0 Å². The quantitative estimate of drug-likeness (QED) is 0.454. The molecule has 28 heavy (non-hydrogen) atoms. The van der Waals surface area contributed by atoms with E-state index in [0.29, 0.717) is 0 Å². The fourth-order valence-corrected chi connectivity index (χ4v) is 2.46. The third-order valence-corrected chi connectivity index (χ3v) is 3.92. The molecule has 0 spiro atoms. The van der Waals surface area contributed by atoms with Gasteiger partial charge in [-0.25, -0.2) is 0 Å². The minimum atomic E-state index is 1.09. The number of hydrogen-bond donors (Lipinski definition) is 0. The van der Waals surface area contributed by atoms with Crippen molar-refractivity contribution in [2.45, 2.75) is 0 Å². The third-order valence-electron chi connectivity index (χ3n) is 3.92. The highest BCUT2D eigenvalue weighted by atomic mass is 14.0. The average Bonchev–Trinajstić information content (AvgIpc) is 2.66. The zero-order valence-electron chi connectivity index (χ0n) is 15.5. The molecular weight excluding hydrogens is 336 g/mol. The van der Waals surface area contributed by atoms with E-state index < -0.39 is 0 Å². The molecular formula is C28H20. The molecule has 3 aliphatic carbocycles. The molecule has 4 bridgehead atoms. The van der Waals surface area contributed by atoms with Crippen LogP contribution in [0.4, 0.5) is 0 Å². The first-order valence-corrected chi connectivity index (χ1v) is 9.12. The summed E-state index contributed by atoms with van der Waals surface area (Å²) < 4.78 is 0. The van der Waals surface area contributed by atoms with Crippen molar-refractivity contribution in [2.75, 3.05) is 0 Å². The molecule has 0 nitrogen and oxygen atoms in total. The van der Waals surface area contributed by atoms with Crippen LogP contribution in [-0.4, -0.2) is 0 Å². The molecule has 0 saturated carbocycles. The Hall–Kier alpha value is -4.00. The summed E-state index contributed by atoms with van der Waals surface area (Å²) in [5.41, 5.74) is 4.36. The second-order valence-corrected chi connectivity index (χ2v) is 6.01. The van der Waals surface area contributed by atoms with Crippen molar-refractivity contribution in [3.05, 3.63) is 144 Å². The standard InChI is InChI=1S/C28H20/c1-2-6-14-26-18-11-12-20-28(24-23-26)16-8-4-3-7-15-27-19-10-9-17-25(13-5-1)21-22-27/h5-24H/b10-9?,12-11?,13-5-,14-6-,15-7-,16-8-,17-9-,18-11-,19-10-,20-12-,22-21?,24-23?,25-13?,25-17?,25-21-,26-14?,26-18?,26-23-,27-15?,27-19?,27-22-,28-16?,28-20?,28-24-. The summed E-state index contributed by atoms with van der Waals surface area (Å²) in [6.07, 6.45) is 40.1. The Morgan fingerprint density at radius 3 is 0.821 bits per heavy atom. The fraction of sp³-hybridized carbons (Fsp3) is 0. The SMILES string of the molecule is C1#C\C=C/C2=C/C=C(/C=C\C#C\C=C/C3=C/C=C(/C=C\1)\C=C/C=C\3)\C=C/C=C\2. The Kier molecular flexibility index (Phi) is 7.29. The Balaban J connectivity index is 1.94. The molecule has 0 heteroatoms. The molecule has 0 atom stereocenters. The molecule has 3 aliphatic rings. The summed E-state index contributed by atoms with van der Waals surface area (Å²) in [6.45, 7) is 0. The first-order chi connectivity index (χ1) is 13.9. The summed E-state index contributed by atoms with van der Waals surface area (Å²) in [7, 11) is 0. The van der Waals surface area contributed by atoms with Gasteiger partial charge < -0.3 is 0 Å². The zero-order valence-corrected chi connectivity index (χ0v) is 15.5. The smallest absolute Gasteiger partial charge is 0.0109 e. The predicted octanol–water partition coefficient (Wildman–Crippen LogP) is 6.19. The largest absolute Gasteiger partial charge is 0.0702 e. The highest BCUT2D eigenvalue weighted by molar-refractivity contribution is 5.48. The van der Waals surface area contributed by atoms with Crippen LogP contribution < -0.4 is 0 Å². The third kappa shape index (κ3) is 6.72. The van der Waals surface area contributed by atoms with Crippen molar-refractivity contribution in [3.8, 4) is 23.7 Å². The van der Waals surface area contributed by atoms with Gasteiger partial charge in [-0.1, -0.05) is 96.6 Å². The van der Waals surface area contributed by atoms with Crippen LogP contribution >= 0.6 is 0 Å². The molecule has 0 fully saturated rings. The Morgan fingerprint density at radius 1 is 0.321 bits per heavy atom. The average molecular weight is 356 g/mol. The van der Waals surface area contributed by atoms with Crippen LogP contribution in [0.3, 0.4) is 0 Å². The zero-order chi connectivity index (χ0) is 19.3. The van der Waals surface area contributed by atoms with E-state index in [1.807, 2.05) is 72.9 Å². The van der Waals surface area contributed by atoms with Gasteiger partial charge >= 0.3 is 0 Å². The van der Waals surface area contributed by atoms with Crippen LogP contribution in [0.15, 0.2) is 144 Å². The maximum absolute atomic E-state index is 3.06. The normalized spacial score (nSPS) is 34.3. The molecule has 0 heterocycles. The van der Waals surface area contributed by atoms with Gasteiger partial charge in [0, 0.05) is 0 Å². The number of fused-ring (bicyclic) bond motifs is 2. The van der Waals surface area contributed by atoms with Crippen LogP contribution in [0.25, 0.3) is 0 Å². The Bertz CT molecular complexity index is 910. The minimum Gasteiger partial charge on any atom is -0.0702 e. The summed E-state index contributed by atoms with van der Waals surface area (Å²) in [4.78, 5) is 0. The maximum atomic E-state index is 3.06. The van der Waals surface area contributed by atoms with Crippen LogP contribution in [0.5, 0.6) is 0 Å². The monoisotopic (exact) mass is 356 g/mol. The Labute approximate surface area is 167 Å². The van der Waals surface area contributed by atoms with Crippen molar-refractivity contribution >= 4 is 0 Å². The first kappa shape index (κ1) is 18.8. The lowest BCUT2D eigenvalue weighted by Crippen LogP contribution is -1.78. The van der Waals surface area contributed by atoms with Crippen molar-refractivity contribution < 1.29 is 0 Å². The van der Waals surface area contributed by atoms with Crippen molar-refractivity contribution in [1.82, 2.24) is 0 Å². The topological polar surface area (TPSA) is 0 Å². The van der Waals surface area contributed by atoms with E-state index in [4.69, 9.17) is 0 Å². The lowest BCUT2D eigenvalue weighted by molar-refractivity contribution is 1.60. The molecule has 0 aromatic carbocycles. The first-order valence-electron chi connectivity index (χ1n) is 9.12. The maximum Gasteiger partial charge on any atom is -0.0109 e. The van der Waals surface area contributed by atoms with Gasteiger partial charge in [-0.3, -0.25) is 0 Å². The van der Waals surface area contributed by atoms with Gasteiger partial charge in [-0.05, 0) is 70.9 Å². The van der Waals surface area contributed by atoms with E-state index in [1.54, 1.807) is 0 Å². The highest BCUT2D eigenvalue weighted by Crippen LogP contribution is 2.10.